The molecule has 1 N–H and O–H groups in total. The number of hydrogen-bond acceptors (Lipinski definition) is 5. The van der Waals surface area contributed by atoms with Crippen LogP contribution in [0.3, 0.4) is 0 Å². The summed E-state index contributed by atoms with van der Waals surface area (Å²) in [5.74, 6) is -0.861. The molecule has 1 aliphatic rings. The standard InChI is InChI=1S/C5H8O5S/c1-11(8,9)3-2-10-5(7)4(3)6/h3-4,6H,2H2,1H3. The quantitative estimate of drug-likeness (QED) is 0.487. The number of aliphatic hydroxyl groups is 1. The minimum absolute atomic E-state index is 0.237. The molecule has 0 aromatic rings. The van der Waals surface area contributed by atoms with E-state index in [1.165, 1.54) is 0 Å². The zero-order valence-corrected chi connectivity index (χ0v) is 6.67. The highest BCUT2D eigenvalue weighted by Gasteiger charge is 2.41. The normalized spacial score (nSPS) is 32.0. The number of carbonyl (C=O) groups excluding carboxylic acids is 1. The third-order valence-electron chi connectivity index (χ3n) is 1.53. The van der Waals surface area contributed by atoms with Crippen molar-refractivity contribution in [2.24, 2.45) is 0 Å². The third kappa shape index (κ3) is 1.51. The number of cyclic esters (lactones) is 1. The predicted octanol–water partition coefficient (Wildman–Crippen LogP) is -1.68. The predicted molar refractivity (Wildman–Crippen MR) is 35.6 cm³/mol. The Kier molecular flexibility index (Phi) is 1.89. The Labute approximate surface area is 63.9 Å². The monoisotopic (exact) mass is 180 g/mol. The van der Waals surface area contributed by atoms with Gasteiger partial charge in [-0.1, -0.05) is 0 Å². The molecule has 1 saturated heterocycles. The van der Waals surface area contributed by atoms with E-state index >= 15 is 0 Å². The lowest BCUT2D eigenvalue weighted by Crippen LogP contribution is -2.33. The van der Waals surface area contributed by atoms with Gasteiger partial charge in [-0.2, -0.15) is 0 Å². The molecule has 0 spiro atoms. The maximum absolute atomic E-state index is 10.8. The summed E-state index contributed by atoms with van der Waals surface area (Å²) in [5, 5.41) is 7.85. The van der Waals surface area contributed by atoms with Gasteiger partial charge >= 0.3 is 5.97 Å². The van der Waals surface area contributed by atoms with Gasteiger partial charge in [-0.15, -0.1) is 0 Å². The van der Waals surface area contributed by atoms with Crippen LogP contribution in [0.2, 0.25) is 0 Å². The summed E-state index contributed by atoms with van der Waals surface area (Å²) < 4.78 is 25.9. The van der Waals surface area contributed by atoms with Gasteiger partial charge in [0.05, 0.1) is 0 Å². The zero-order valence-electron chi connectivity index (χ0n) is 5.85. The fourth-order valence-electron chi connectivity index (χ4n) is 0.850. The van der Waals surface area contributed by atoms with E-state index in [1.54, 1.807) is 0 Å². The van der Waals surface area contributed by atoms with Crippen LogP contribution in [0.4, 0.5) is 0 Å². The van der Waals surface area contributed by atoms with Crippen LogP contribution in [0.25, 0.3) is 0 Å². The molecule has 11 heavy (non-hydrogen) atoms. The van der Waals surface area contributed by atoms with Crippen molar-refractivity contribution >= 4 is 15.8 Å². The fourth-order valence-corrected chi connectivity index (χ4v) is 1.74. The van der Waals surface area contributed by atoms with Gasteiger partial charge in [-0.25, -0.2) is 13.2 Å². The number of esters is 1. The molecule has 0 saturated carbocycles. The Morgan fingerprint density at radius 2 is 2.18 bits per heavy atom. The second-order valence-corrected chi connectivity index (χ2v) is 4.71. The van der Waals surface area contributed by atoms with E-state index in [1.807, 2.05) is 0 Å². The Morgan fingerprint density at radius 1 is 1.64 bits per heavy atom. The van der Waals surface area contributed by atoms with Crippen molar-refractivity contribution in [2.75, 3.05) is 12.9 Å². The first-order valence-electron chi connectivity index (χ1n) is 2.96. The molecule has 1 heterocycles. The number of hydrogen-bond donors (Lipinski definition) is 1. The largest absolute Gasteiger partial charge is 0.462 e. The van der Waals surface area contributed by atoms with Gasteiger partial charge in [0.25, 0.3) is 0 Å². The SMILES string of the molecule is CS(=O)(=O)C1COC(=O)C1O. The number of ether oxygens (including phenoxy) is 1. The average Bonchev–Trinajstić information content (AvgIpc) is 2.11. The minimum atomic E-state index is -3.38. The van der Waals surface area contributed by atoms with Crippen LogP contribution in [0, 0.1) is 0 Å². The molecular formula is C5H8O5S. The van der Waals surface area contributed by atoms with Gasteiger partial charge in [0.1, 0.15) is 11.9 Å². The molecule has 0 radical (unpaired) electrons. The number of rotatable bonds is 1. The van der Waals surface area contributed by atoms with Crippen LogP contribution in [-0.4, -0.2) is 43.7 Å². The van der Waals surface area contributed by atoms with Crippen molar-refractivity contribution in [3.8, 4) is 0 Å². The Morgan fingerprint density at radius 3 is 2.36 bits per heavy atom. The summed E-state index contributed by atoms with van der Waals surface area (Å²) in [6.07, 6.45) is -0.548. The molecule has 64 valence electrons. The summed E-state index contributed by atoms with van der Waals surface area (Å²) in [6, 6.07) is 0. The van der Waals surface area contributed by atoms with E-state index in [2.05, 4.69) is 4.74 Å². The van der Waals surface area contributed by atoms with E-state index < -0.39 is 27.2 Å². The highest BCUT2D eigenvalue weighted by molar-refractivity contribution is 7.91. The minimum Gasteiger partial charge on any atom is -0.462 e. The second kappa shape index (κ2) is 2.46. The first-order valence-corrected chi connectivity index (χ1v) is 4.92. The van der Waals surface area contributed by atoms with Gasteiger partial charge in [0.2, 0.25) is 0 Å². The molecule has 6 heteroatoms. The smallest absolute Gasteiger partial charge is 0.336 e. The molecular weight excluding hydrogens is 172 g/mol. The van der Waals surface area contributed by atoms with Gasteiger partial charge in [0, 0.05) is 6.26 Å². The van der Waals surface area contributed by atoms with Gasteiger partial charge in [-0.05, 0) is 0 Å². The van der Waals surface area contributed by atoms with Crippen molar-refractivity contribution in [1.82, 2.24) is 0 Å². The van der Waals surface area contributed by atoms with Crippen molar-refractivity contribution in [1.29, 1.82) is 0 Å². The molecule has 1 rings (SSSR count). The first kappa shape index (κ1) is 8.48. The van der Waals surface area contributed by atoms with Crippen LogP contribution < -0.4 is 0 Å². The van der Waals surface area contributed by atoms with E-state index in [9.17, 15) is 13.2 Å². The number of carbonyl (C=O) groups is 1. The van der Waals surface area contributed by atoms with E-state index in [0.717, 1.165) is 6.26 Å². The molecule has 0 bridgehead atoms. The van der Waals surface area contributed by atoms with E-state index in [-0.39, 0.29) is 6.61 Å². The summed E-state index contributed by atoms with van der Waals surface area (Å²) in [7, 11) is -3.38. The average molecular weight is 180 g/mol. The molecule has 0 aromatic carbocycles. The highest BCUT2D eigenvalue weighted by Crippen LogP contribution is 2.14. The van der Waals surface area contributed by atoms with Crippen molar-refractivity contribution in [2.45, 2.75) is 11.4 Å². The van der Waals surface area contributed by atoms with Crippen LogP contribution in [0.1, 0.15) is 0 Å². The Hall–Kier alpha value is -0.620. The van der Waals surface area contributed by atoms with Crippen molar-refractivity contribution in [3.05, 3.63) is 0 Å². The second-order valence-electron chi connectivity index (χ2n) is 2.44. The summed E-state index contributed by atoms with van der Waals surface area (Å²) >= 11 is 0. The Bertz CT molecular complexity index is 267. The van der Waals surface area contributed by atoms with Crippen molar-refractivity contribution in [3.63, 3.8) is 0 Å². The topological polar surface area (TPSA) is 80.7 Å². The van der Waals surface area contributed by atoms with Crippen LogP contribution in [-0.2, 0) is 19.4 Å². The van der Waals surface area contributed by atoms with E-state index in [4.69, 9.17) is 5.11 Å². The van der Waals surface area contributed by atoms with Gasteiger partial charge in [0.15, 0.2) is 15.9 Å². The first-order chi connectivity index (χ1) is 4.93. The van der Waals surface area contributed by atoms with Gasteiger partial charge < -0.3 is 9.84 Å². The van der Waals surface area contributed by atoms with Crippen LogP contribution in [0.5, 0.6) is 0 Å². The van der Waals surface area contributed by atoms with Crippen LogP contribution >= 0.6 is 0 Å². The zero-order chi connectivity index (χ0) is 8.65. The Balaban J connectivity index is 2.87. The summed E-state index contributed by atoms with van der Waals surface area (Å²) in [4.78, 5) is 10.5. The lowest BCUT2D eigenvalue weighted by atomic mass is 10.3. The lowest BCUT2D eigenvalue weighted by Gasteiger charge is -2.05. The summed E-state index contributed by atoms with van der Waals surface area (Å²) in [6.45, 7) is -0.237. The molecule has 1 fully saturated rings. The number of aliphatic hydroxyl groups excluding tert-OH is 1. The molecule has 0 aromatic heterocycles. The van der Waals surface area contributed by atoms with Crippen LogP contribution in [0.15, 0.2) is 0 Å². The molecule has 2 atom stereocenters. The molecule has 0 aliphatic carbocycles. The molecule has 0 amide bonds. The van der Waals surface area contributed by atoms with E-state index in [0.29, 0.717) is 0 Å². The maximum atomic E-state index is 10.8. The maximum Gasteiger partial charge on any atom is 0.336 e. The molecule has 5 nitrogen and oxygen atoms in total. The van der Waals surface area contributed by atoms with Crippen molar-refractivity contribution < 1.29 is 23.1 Å². The third-order valence-corrected chi connectivity index (χ3v) is 3.03. The molecule has 1 aliphatic heterocycles. The highest BCUT2D eigenvalue weighted by atomic mass is 32.2. The summed E-state index contributed by atoms with van der Waals surface area (Å²) in [5.41, 5.74) is 0. The van der Waals surface area contributed by atoms with Gasteiger partial charge in [-0.3, -0.25) is 0 Å². The fraction of sp³-hybridized carbons (Fsp3) is 0.800. The lowest BCUT2D eigenvalue weighted by molar-refractivity contribution is -0.144. The number of sulfone groups is 1. The molecule has 2 unspecified atom stereocenters.